The molecule has 1 rings (SSSR count). The van der Waals surface area contributed by atoms with E-state index in [1.165, 1.54) is 0 Å². The minimum atomic E-state index is -0.540. The van der Waals surface area contributed by atoms with Gasteiger partial charge in [-0.15, -0.1) is 0 Å². The van der Waals surface area contributed by atoms with Crippen LogP contribution in [-0.4, -0.2) is 33.9 Å². The van der Waals surface area contributed by atoms with Crippen LogP contribution in [0.15, 0.2) is 6.20 Å². The lowest BCUT2D eigenvalue weighted by Crippen LogP contribution is -2.12. The standard InChI is InChI=1S/C11H18N6O3/c1-2-13-11-15-7-8(17(19)20)10(16-11)14-6-4-3-5-9(12)18/h7H,2-6H2,1H3,(H2,12,18)(H2,13,14,15,16). The van der Waals surface area contributed by atoms with Gasteiger partial charge in [-0.1, -0.05) is 0 Å². The van der Waals surface area contributed by atoms with Gasteiger partial charge in [0.1, 0.15) is 6.20 Å². The maximum Gasteiger partial charge on any atom is 0.329 e. The molecule has 0 aliphatic carbocycles. The predicted octanol–water partition coefficient (Wildman–Crippen LogP) is 0.884. The molecular weight excluding hydrogens is 264 g/mol. The van der Waals surface area contributed by atoms with Crippen molar-refractivity contribution in [2.24, 2.45) is 5.73 Å². The molecule has 0 saturated heterocycles. The fourth-order valence-electron chi connectivity index (χ4n) is 1.51. The summed E-state index contributed by atoms with van der Waals surface area (Å²) in [5.74, 6) is 0.144. The summed E-state index contributed by atoms with van der Waals surface area (Å²) in [6.45, 7) is 2.97. The van der Waals surface area contributed by atoms with Crippen LogP contribution in [0.3, 0.4) is 0 Å². The van der Waals surface area contributed by atoms with Crippen LogP contribution in [0.25, 0.3) is 0 Å². The van der Waals surface area contributed by atoms with Crippen molar-refractivity contribution in [3.05, 3.63) is 16.3 Å². The lowest BCUT2D eigenvalue weighted by atomic mass is 10.2. The molecule has 4 N–H and O–H groups in total. The van der Waals surface area contributed by atoms with E-state index in [0.29, 0.717) is 38.3 Å². The van der Waals surface area contributed by atoms with Crippen LogP contribution >= 0.6 is 0 Å². The third-order valence-electron chi connectivity index (χ3n) is 2.44. The Labute approximate surface area is 116 Å². The second-order valence-corrected chi connectivity index (χ2v) is 4.07. The maximum absolute atomic E-state index is 10.9. The highest BCUT2D eigenvalue weighted by Crippen LogP contribution is 2.21. The summed E-state index contributed by atoms with van der Waals surface area (Å²) in [6, 6.07) is 0. The smallest absolute Gasteiger partial charge is 0.329 e. The second kappa shape index (κ2) is 7.87. The molecule has 110 valence electrons. The van der Waals surface area contributed by atoms with E-state index in [4.69, 9.17) is 5.73 Å². The number of carbonyl (C=O) groups excluding carboxylic acids is 1. The zero-order valence-corrected chi connectivity index (χ0v) is 11.3. The molecule has 0 aliphatic rings. The summed E-state index contributed by atoms with van der Waals surface area (Å²) in [7, 11) is 0. The molecule has 0 spiro atoms. The van der Waals surface area contributed by atoms with Gasteiger partial charge in [-0.2, -0.15) is 4.98 Å². The highest BCUT2D eigenvalue weighted by molar-refractivity contribution is 5.73. The van der Waals surface area contributed by atoms with E-state index in [1.807, 2.05) is 6.92 Å². The third kappa shape index (κ3) is 5.04. The number of nitrogens with one attached hydrogen (secondary N) is 2. The van der Waals surface area contributed by atoms with E-state index in [0.717, 1.165) is 6.20 Å². The number of nitrogens with zero attached hydrogens (tertiary/aromatic N) is 3. The topological polar surface area (TPSA) is 136 Å². The molecule has 1 aromatic heterocycles. The van der Waals surface area contributed by atoms with Crippen LogP contribution in [0.1, 0.15) is 26.2 Å². The number of anilines is 2. The molecule has 9 heteroatoms. The minimum Gasteiger partial charge on any atom is -0.370 e. The second-order valence-electron chi connectivity index (χ2n) is 4.07. The first-order valence-electron chi connectivity index (χ1n) is 6.32. The van der Waals surface area contributed by atoms with E-state index < -0.39 is 4.92 Å². The number of primary amides is 1. The number of amides is 1. The predicted molar refractivity (Wildman–Crippen MR) is 74.4 cm³/mol. The van der Waals surface area contributed by atoms with Crippen molar-refractivity contribution in [2.75, 3.05) is 23.7 Å². The highest BCUT2D eigenvalue weighted by Gasteiger charge is 2.16. The van der Waals surface area contributed by atoms with Gasteiger partial charge in [0.2, 0.25) is 17.7 Å². The molecule has 0 radical (unpaired) electrons. The zero-order chi connectivity index (χ0) is 15.0. The molecule has 1 amide bonds. The molecule has 0 unspecified atom stereocenters. The van der Waals surface area contributed by atoms with Gasteiger partial charge in [-0.05, 0) is 19.8 Å². The molecule has 1 heterocycles. The molecule has 1 aromatic rings. The third-order valence-corrected chi connectivity index (χ3v) is 2.44. The average molecular weight is 282 g/mol. The lowest BCUT2D eigenvalue weighted by molar-refractivity contribution is -0.384. The monoisotopic (exact) mass is 282 g/mol. The molecule has 20 heavy (non-hydrogen) atoms. The molecule has 9 nitrogen and oxygen atoms in total. The van der Waals surface area contributed by atoms with Crippen molar-refractivity contribution >= 4 is 23.4 Å². The number of hydrogen-bond acceptors (Lipinski definition) is 7. The van der Waals surface area contributed by atoms with Gasteiger partial charge in [0.25, 0.3) is 0 Å². The molecular formula is C11H18N6O3. The Balaban J connectivity index is 2.62. The minimum absolute atomic E-state index is 0.167. The summed E-state index contributed by atoms with van der Waals surface area (Å²) >= 11 is 0. The Morgan fingerprint density at radius 1 is 1.45 bits per heavy atom. The summed E-state index contributed by atoms with van der Waals surface area (Å²) < 4.78 is 0. The van der Waals surface area contributed by atoms with Crippen LogP contribution in [0.5, 0.6) is 0 Å². The molecule has 0 bridgehead atoms. The average Bonchev–Trinajstić information content (AvgIpc) is 2.38. The Morgan fingerprint density at radius 3 is 2.80 bits per heavy atom. The van der Waals surface area contributed by atoms with Gasteiger partial charge in [0.15, 0.2) is 0 Å². The largest absolute Gasteiger partial charge is 0.370 e. The van der Waals surface area contributed by atoms with Crippen molar-refractivity contribution < 1.29 is 9.72 Å². The number of unbranched alkanes of at least 4 members (excludes halogenated alkanes) is 1. The summed E-state index contributed by atoms with van der Waals surface area (Å²) in [4.78, 5) is 28.8. The first-order valence-corrected chi connectivity index (χ1v) is 6.32. The summed E-state index contributed by atoms with van der Waals surface area (Å²) in [6.07, 6.45) is 2.76. The number of hydrogen-bond donors (Lipinski definition) is 3. The zero-order valence-electron chi connectivity index (χ0n) is 11.3. The number of nitro groups is 1. The van der Waals surface area contributed by atoms with Gasteiger partial charge in [0.05, 0.1) is 4.92 Å². The van der Waals surface area contributed by atoms with Gasteiger partial charge in [-0.3, -0.25) is 14.9 Å². The molecule has 0 saturated carbocycles. The van der Waals surface area contributed by atoms with Crippen molar-refractivity contribution in [2.45, 2.75) is 26.2 Å². The SMILES string of the molecule is CCNc1ncc([N+](=O)[O-])c(NCCCCC(N)=O)n1. The van der Waals surface area contributed by atoms with Crippen LogP contribution in [0.2, 0.25) is 0 Å². The van der Waals surface area contributed by atoms with E-state index in [2.05, 4.69) is 20.6 Å². The Morgan fingerprint density at radius 2 is 2.20 bits per heavy atom. The van der Waals surface area contributed by atoms with Crippen molar-refractivity contribution in [3.8, 4) is 0 Å². The summed E-state index contributed by atoms with van der Waals surface area (Å²) in [5, 5.41) is 16.6. The number of carbonyl (C=O) groups is 1. The van der Waals surface area contributed by atoms with Crippen molar-refractivity contribution in [1.82, 2.24) is 9.97 Å². The van der Waals surface area contributed by atoms with Gasteiger partial charge >= 0.3 is 5.69 Å². The highest BCUT2D eigenvalue weighted by atomic mass is 16.6. The normalized spacial score (nSPS) is 10.1. The number of rotatable bonds is 9. The van der Waals surface area contributed by atoms with Gasteiger partial charge in [-0.25, -0.2) is 4.98 Å². The molecule has 0 atom stereocenters. The molecule has 0 fully saturated rings. The van der Waals surface area contributed by atoms with Crippen molar-refractivity contribution in [1.29, 1.82) is 0 Å². The Bertz CT molecular complexity index is 479. The van der Waals surface area contributed by atoms with Gasteiger partial charge < -0.3 is 16.4 Å². The fourth-order valence-corrected chi connectivity index (χ4v) is 1.51. The van der Waals surface area contributed by atoms with Crippen LogP contribution < -0.4 is 16.4 Å². The van der Waals surface area contributed by atoms with E-state index in [1.54, 1.807) is 0 Å². The quantitative estimate of drug-likeness (QED) is 0.347. The van der Waals surface area contributed by atoms with E-state index in [9.17, 15) is 14.9 Å². The number of nitrogens with two attached hydrogens (primary N) is 1. The molecule has 0 aliphatic heterocycles. The summed E-state index contributed by atoms with van der Waals surface area (Å²) in [5.41, 5.74) is 4.85. The van der Waals surface area contributed by atoms with Gasteiger partial charge in [0, 0.05) is 19.5 Å². The van der Waals surface area contributed by atoms with Crippen LogP contribution in [0.4, 0.5) is 17.5 Å². The van der Waals surface area contributed by atoms with E-state index in [-0.39, 0.29) is 17.4 Å². The first kappa shape index (κ1) is 15.6. The first-order chi connectivity index (χ1) is 9.54. The van der Waals surface area contributed by atoms with E-state index >= 15 is 0 Å². The lowest BCUT2D eigenvalue weighted by Gasteiger charge is -2.07. The van der Waals surface area contributed by atoms with Crippen LogP contribution in [0, 0.1) is 10.1 Å². The molecule has 0 aromatic carbocycles. The Hall–Kier alpha value is -2.45. The maximum atomic E-state index is 10.9. The fraction of sp³-hybridized carbons (Fsp3) is 0.545. The Kier molecular flexibility index (Phi) is 6.14. The van der Waals surface area contributed by atoms with Crippen LogP contribution in [-0.2, 0) is 4.79 Å². The van der Waals surface area contributed by atoms with Crippen molar-refractivity contribution in [3.63, 3.8) is 0 Å². The number of aromatic nitrogens is 2.